The van der Waals surface area contributed by atoms with Crippen LogP contribution in [0.3, 0.4) is 0 Å². The molecule has 4 rings (SSSR count). The summed E-state index contributed by atoms with van der Waals surface area (Å²) in [6, 6.07) is 7.79. The maximum atomic E-state index is 12.7. The normalized spacial score (nSPS) is 23.8. The highest BCUT2D eigenvalue weighted by atomic mass is 16.2. The highest BCUT2D eigenvalue weighted by Gasteiger charge is 2.46. The zero-order chi connectivity index (χ0) is 17.0. The SMILES string of the molecule is CC(C)CC1c2[nH]c3ccccc3c2CC2C(=O)N(C)CC(=O)N21. The van der Waals surface area contributed by atoms with Crippen LogP contribution in [-0.4, -0.2) is 46.2 Å². The molecule has 0 saturated carbocycles. The Balaban J connectivity index is 1.89. The molecule has 1 aromatic carbocycles. The molecule has 1 fully saturated rings. The summed E-state index contributed by atoms with van der Waals surface area (Å²) in [5.41, 5.74) is 3.41. The van der Waals surface area contributed by atoms with Gasteiger partial charge in [0.1, 0.15) is 6.04 Å². The number of benzene rings is 1. The van der Waals surface area contributed by atoms with Gasteiger partial charge in [0.05, 0.1) is 12.6 Å². The van der Waals surface area contributed by atoms with Gasteiger partial charge in [-0.3, -0.25) is 9.59 Å². The van der Waals surface area contributed by atoms with Crippen molar-refractivity contribution in [3.63, 3.8) is 0 Å². The monoisotopic (exact) mass is 325 g/mol. The number of carbonyl (C=O) groups is 2. The lowest BCUT2D eigenvalue weighted by Crippen LogP contribution is -2.62. The van der Waals surface area contributed by atoms with Crippen LogP contribution in [0.15, 0.2) is 24.3 Å². The summed E-state index contributed by atoms with van der Waals surface area (Å²) in [5.74, 6) is 0.548. The number of likely N-dealkylation sites (N-methyl/N-ethyl adjacent to an activating group) is 1. The number of H-pyrrole nitrogens is 1. The van der Waals surface area contributed by atoms with Crippen LogP contribution in [0.25, 0.3) is 10.9 Å². The van der Waals surface area contributed by atoms with Gasteiger partial charge in [0.25, 0.3) is 0 Å². The summed E-state index contributed by atoms with van der Waals surface area (Å²) >= 11 is 0. The number of nitrogens with one attached hydrogen (secondary N) is 1. The molecule has 5 heteroatoms. The van der Waals surface area contributed by atoms with Crippen LogP contribution >= 0.6 is 0 Å². The number of aromatic amines is 1. The minimum atomic E-state index is -0.369. The first kappa shape index (κ1) is 15.2. The maximum Gasteiger partial charge on any atom is 0.245 e. The first-order valence-corrected chi connectivity index (χ1v) is 8.63. The molecule has 2 unspecified atom stereocenters. The fourth-order valence-electron chi connectivity index (χ4n) is 4.22. The third-order valence-corrected chi connectivity index (χ3v) is 5.27. The van der Waals surface area contributed by atoms with E-state index in [1.54, 1.807) is 11.9 Å². The van der Waals surface area contributed by atoms with E-state index in [0.717, 1.165) is 17.6 Å². The van der Waals surface area contributed by atoms with Gasteiger partial charge in [-0.15, -0.1) is 0 Å². The molecule has 0 radical (unpaired) electrons. The smallest absolute Gasteiger partial charge is 0.245 e. The summed E-state index contributed by atoms with van der Waals surface area (Å²) in [5, 5.41) is 1.18. The Labute approximate surface area is 141 Å². The second-order valence-corrected chi connectivity index (χ2v) is 7.42. The van der Waals surface area contributed by atoms with Gasteiger partial charge in [-0.1, -0.05) is 32.0 Å². The number of fused-ring (bicyclic) bond motifs is 4. The fraction of sp³-hybridized carbons (Fsp3) is 0.474. The van der Waals surface area contributed by atoms with E-state index >= 15 is 0 Å². The van der Waals surface area contributed by atoms with Gasteiger partial charge < -0.3 is 14.8 Å². The molecule has 0 bridgehead atoms. The Morgan fingerprint density at radius 3 is 2.75 bits per heavy atom. The number of hydrogen-bond donors (Lipinski definition) is 1. The van der Waals surface area contributed by atoms with E-state index < -0.39 is 0 Å². The van der Waals surface area contributed by atoms with Gasteiger partial charge in [0.2, 0.25) is 11.8 Å². The van der Waals surface area contributed by atoms with Gasteiger partial charge in [-0.05, 0) is 24.0 Å². The van der Waals surface area contributed by atoms with E-state index in [4.69, 9.17) is 0 Å². The summed E-state index contributed by atoms with van der Waals surface area (Å²) in [4.78, 5) is 32.4. The zero-order valence-electron chi connectivity index (χ0n) is 14.4. The van der Waals surface area contributed by atoms with Crippen molar-refractivity contribution in [3.8, 4) is 0 Å². The van der Waals surface area contributed by atoms with Gasteiger partial charge in [-0.25, -0.2) is 0 Å². The molecule has 1 N–H and O–H groups in total. The van der Waals surface area contributed by atoms with Gasteiger partial charge in [0.15, 0.2) is 0 Å². The average molecular weight is 325 g/mol. The van der Waals surface area contributed by atoms with E-state index in [2.05, 4.69) is 31.0 Å². The Hall–Kier alpha value is -2.30. The predicted molar refractivity (Wildman–Crippen MR) is 92.5 cm³/mol. The third kappa shape index (κ3) is 2.14. The Bertz CT molecular complexity index is 823. The zero-order valence-corrected chi connectivity index (χ0v) is 14.4. The number of para-hydroxylation sites is 1. The lowest BCUT2D eigenvalue weighted by molar-refractivity contribution is -0.158. The minimum absolute atomic E-state index is 0.0451. The molecule has 1 aromatic heterocycles. The predicted octanol–water partition coefficient (Wildman–Crippen LogP) is 2.48. The topological polar surface area (TPSA) is 56.4 Å². The molecule has 2 aliphatic rings. The molecule has 2 atom stereocenters. The molecule has 0 spiro atoms. The summed E-state index contributed by atoms with van der Waals surface area (Å²) in [6.45, 7) is 4.50. The van der Waals surface area contributed by atoms with Crippen LogP contribution in [0.1, 0.15) is 37.6 Å². The van der Waals surface area contributed by atoms with E-state index in [1.165, 1.54) is 10.9 Å². The highest BCUT2D eigenvalue weighted by molar-refractivity contribution is 5.97. The van der Waals surface area contributed by atoms with Crippen LogP contribution in [0.4, 0.5) is 0 Å². The number of rotatable bonds is 2. The van der Waals surface area contributed by atoms with E-state index in [0.29, 0.717) is 12.3 Å². The standard InChI is InChI=1S/C19H23N3O2/c1-11(2)8-15-18-13(12-6-4-5-7-14(12)20-18)9-16-19(24)21(3)10-17(23)22(15)16/h4-7,11,15-16,20H,8-10H2,1-3H3. The van der Waals surface area contributed by atoms with Crippen molar-refractivity contribution in [3.05, 3.63) is 35.5 Å². The molecule has 2 aliphatic heterocycles. The van der Waals surface area contributed by atoms with E-state index in [1.807, 2.05) is 17.0 Å². The average Bonchev–Trinajstić information content (AvgIpc) is 2.91. The first-order chi connectivity index (χ1) is 11.5. The van der Waals surface area contributed by atoms with Gasteiger partial charge >= 0.3 is 0 Å². The molecular weight excluding hydrogens is 302 g/mol. The Kier molecular flexibility index (Phi) is 3.41. The molecule has 24 heavy (non-hydrogen) atoms. The molecule has 3 heterocycles. The molecule has 0 aliphatic carbocycles. The summed E-state index contributed by atoms with van der Waals surface area (Å²) in [7, 11) is 1.72. The number of piperazine rings is 1. The summed E-state index contributed by atoms with van der Waals surface area (Å²) in [6.07, 6.45) is 1.46. The largest absolute Gasteiger partial charge is 0.356 e. The van der Waals surface area contributed by atoms with Crippen LogP contribution in [-0.2, 0) is 16.0 Å². The number of nitrogens with zero attached hydrogens (tertiary/aromatic N) is 2. The Morgan fingerprint density at radius 2 is 2.00 bits per heavy atom. The lowest BCUT2D eigenvalue weighted by Gasteiger charge is -2.46. The van der Waals surface area contributed by atoms with Crippen LogP contribution in [0, 0.1) is 5.92 Å². The quantitative estimate of drug-likeness (QED) is 0.922. The highest BCUT2D eigenvalue weighted by Crippen LogP contribution is 2.41. The minimum Gasteiger partial charge on any atom is -0.356 e. The Morgan fingerprint density at radius 1 is 1.25 bits per heavy atom. The molecular formula is C19H23N3O2. The van der Waals surface area contributed by atoms with Crippen molar-refractivity contribution < 1.29 is 9.59 Å². The lowest BCUT2D eigenvalue weighted by atomic mass is 9.86. The van der Waals surface area contributed by atoms with Crippen molar-refractivity contribution in [2.75, 3.05) is 13.6 Å². The van der Waals surface area contributed by atoms with Crippen LogP contribution in [0.5, 0.6) is 0 Å². The third-order valence-electron chi connectivity index (χ3n) is 5.27. The van der Waals surface area contributed by atoms with Crippen LogP contribution < -0.4 is 0 Å². The molecule has 2 aromatic rings. The van der Waals surface area contributed by atoms with Gasteiger partial charge in [-0.2, -0.15) is 0 Å². The van der Waals surface area contributed by atoms with Crippen molar-refractivity contribution in [2.24, 2.45) is 5.92 Å². The number of carbonyl (C=O) groups excluding carboxylic acids is 2. The first-order valence-electron chi connectivity index (χ1n) is 8.63. The van der Waals surface area contributed by atoms with Crippen molar-refractivity contribution in [1.29, 1.82) is 0 Å². The van der Waals surface area contributed by atoms with Gasteiger partial charge in [0, 0.05) is 30.1 Å². The fourth-order valence-corrected chi connectivity index (χ4v) is 4.22. The van der Waals surface area contributed by atoms with Crippen molar-refractivity contribution in [2.45, 2.75) is 38.8 Å². The maximum absolute atomic E-state index is 12.7. The van der Waals surface area contributed by atoms with Crippen molar-refractivity contribution >= 4 is 22.7 Å². The molecule has 2 amide bonds. The molecule has 5 nitrogen and oxygen atoms in total. The summed E-state index contributed by atoms with van der Waals surface area (Å²) < 4.78 is 0. The van der Waals surface area contributed by atoms with Crippen molar-refractivity contribution in [1.82, 2.24) is 14.8 Å². The number of hydrogen-bond acceptors (Lipinski definition) is 2. The van der Waals surface area contributed by atoms with E-state index in [-0.39, 0.29) is 30.4 Å². The second-order valence-electron chi connectivity index (χ2n) is 7.42. The molecule has 126 valence electrons. The van der Waals surface area contributed by atoms with E-state index in [9.17, 15) is 9.59 Å². The number of amides is 2. The second kappa shape index (κ2) is 5.36. The van der Waals surface area contributed by atoms with Crippen LogP contribution in [0.2, 0.25) is 0 Å². The number of aromatic nitrogens is 1. The molecule has 1 saturated heterocycles.